The van der Waals surface area contributed by atoms with Gasteiger partial charge in [-0.3, -0.25) is 9.59 Å². The second-order valence-electron chi connectivity index (χ2n) is 9.31. The van der Waals surface area contributed by atoms with Gasteiger partial charge in [-0.15, -0.1) is 6.58 Å². The van der Waals surface area contributed by atoms with E-state index in [4.69, 9.17) is 24.9 Å². The van der Waals surface area contributed by atoms with Gasteiger partial charge in [0.1, 0.15) is 18.5 Å². The molecule has 0 radical (unpaired) electrons. The Bertz CT molecular complexity index is 997. The third-order valence-corrected chi connectivity index (χ3v) is 6.99. The summed E-state index contributed by atoms with van der Waals surface area (Å²) in [4.78, 5) is 29.1. The van der Waals surface area contributed by atoms with Crippen molar-refractivity contribution in [3.8, 4) is 11.3 Å². The summed E-state index contributed by atoms with van der Waals surface area (Å²) in [6, 6.07) is 6.41. The lowest BCUT2D eigenvalue weighted by atomic mass is 10.0. The third-order valence-electron chi connectivity index (χ3n) is 5.29. The molecule has 0 aliphatic carbocycles. The number of rotatable bonds is 13. The molecular weight excluding hydrogens is 450 g/mol. The Morgan fingerprint density at radius 1 is 1.29 bits per heavy atom. The number of ether oxygens (including phenoxy) is 3. The maximum Gasteiger partial charge on any atom is 0.316 e. The summed E-state index contributed by atoms with van der Waals surface area (Å²) >= 11 is 0. The lowest BCUT2D eigenvalue weighted by Gasteiger charge is -2.18. The first-order chi connectivity index (χ1) is 16.1. The number of nitrogens with zero attached hydrogens (tertiary/aromatic N) is 2. The third kappa shape index (κ3) is 7.84. The van der Waals surface area contributed by atoms with Gasteiger partial charge in [0.2, 0.25) is 0 Å². The zero-order chi connectivity index (χ0) is 25.3. The lowest BCUT2D eigenvalue weighted by Crippen LogP contribution is -2.23. The van der Waals surface area contributed by atoms with Crippen LogP contribution < -0.4 is 5.73 Å². The van der Waals surface area contributed by atoms with Gasteiger partial charge in [-0.25, -0.2) is 4.98 Å². The predicted molar refractivity (Wildman–Crippen MR) is 136 cm³/mol. The summed E-state index contributed by atoms with van der Waals surface area (Å²) in [7, 11) is 0.117. The Labute approximate surface area is 203 Å². The van der Waals surface area contributed by atoms with E-state index in [-0.39, 0.29) is 31.7 Å². The van der Waals surface area contributed by atoms with E-state index < -0.39 is 14.0 Å². The van der Waals surface area contributed by atoms with E-state index in [0.29, 0.717) is 35.8 Å². The van der Waals surface area contributed by atoms with E-state index in [1.165, 1.54) is 7.11 Å². The summed E-state index contributed by atoms with van der Waals surface area (Å²) in [6.45, 7) is 13.6. The van der Waals surface area contributed by atoms with Crippen molar-refractivity contribution in [1.29, 1.82) is 0 Å². The molecule has 1 aromatic heterocycles. The standard InChI is InChI=1S/C25H37N3O5Si/c1-7-9-20(25(30)33-8-2)24-27-22(16-28(24)17-32-12-13-34(4,5)6)19-11-10-18(14-21(19)26)15-23(29)31-3/h7,10-11,14,16,20H,1,8-9,12-13,15,17,26H2,2-6H3. The minimum atomic E-state index is -1.23. The molecule has 0 saturated carbocycles. The smallest absolute Gasteiger partial charge is 0.316 e. The van der Waals surface area contributed by atoms with Crippen LogP contribution in [0, 0.1) is 0 Å². The number of carbonyl (C=O) groups excluding carboxylic acids is 2. The molecule has 2 aromatic rings. The predicted octanol–water partition coefficient (Wildman–Crippen LogP) is 4.38. The molecule has 1 aromatic carbocycles. The van der Waals surface area contributed by atoms with E-state index in [9.17, 15) is 9.59 Å². The van der Waals surface area contributed by atoms with E-state index in [1.807, 2.05) is 22.9 Å². The fourth-order valence-electron chi connectivity index (χ4n) is 3.39. The van der Waals surface area contributed by atoms with Crippen molar-refractivity contribution in [1.82, 2.24) is 9.55 Å². The molecule has 0 bridgehead atoms. The van der Waals surface area contributed by atoms with E-state index in [0.717, 1.165) is 11.6 Å². The number of methoxy groups -OCH3 is 1. The molecule has 1 atom stereocenters. The molecular formula is C25H37N3O5Si. The molecule has 0 saturated heterocycles. The number of imidazole rings is 1. The SMILES string of the molecule is C=CCC(C(=O)OCC)c1nc(-c2ccc(CC(=O)OC)cc2N)cn1COCC[Si](C)(C)C. The van der Waals surface area contributed by atoms with Crippen molar-refractivity contribution in [2.45, 2.75) is 58.1 Å². The maximum absolute atomic E-state index is 12.7. The van der Waals surface area contributed by atoms with E-state index >= 15 is 0 Å². The Morgan fingerprint density at radius 2 is 2.03 bits per heavy atom. The highest BCUT2D eigenvalue weighted by Crippen LogP contribution is 2.30. The van der Waals surface area contributed by atoms with Crippen LogP contribution in [-0.2, 0) is 37.0 Å². The number of benzene rings is 1. The molecule has 186 valence electrons. The van der Waals surface area contributed by atoms with Crippen LogP contribution in [0.25, 0.3) is 11.3 Å². The van der Waals surface area contributed by atoms with Crippen molar-refractivity contribution in [3.05, 3.63) is 48.4 Å². The largest absolute Gasteiger partial charge is 0.469 e. The van der Waals surface area contributed by atoms with Crippen LogP contribution in [0.5, 0.6) is 0 Å². The number of carbonyl (C=O) groups is 2. The van der Waals surface area contributed by atoms with Gasteiger partial charge < -0.3 is 24.5 Å². The lowest BCUT2D eigenvalue weighted by molar-refractivity contribution is -0.145. The average molecular weight is 488 g/mol. The second-order valence-corrected chi connectivity index (χ2v) is 14.9. The maximum atomic E-state index is 12.7. The fourth-order valence-corrected chi connectivity index (χ4v) is 4.15. The van der Waals surface area contributed by atoms with Gasteiger partial charge in [0.25, 0.3) is 0 Å². The van der Waals surface area contributed by atoms with Gasteiger partial charge in [-0.05, 0) is 31.0 Å². The number of hydrogen-bond acceptors (Lipinski definition) is 7. The summed E-state index contributed by atoms with van der Waals surface area (Å²) < 4.78 is 17.8. The van der Waals surface area contributed by atoms with Crippen molar-refractivity contribution >= 4 is 25.7 Å². The fraction of sp³-hybridized carbons (Fsp3) is 0.480. The molecule has 2 rings (SSSR count). The molecule has 8 nitrogen and oxygen atoms in total. The van der Waals surface area contributed by atoms with Crippen molar-refractivity contribution in [2.24, 2.45) is 0 Å². The average Bonchev–Trinajstić information content (AvgIpc) is 3.17. The van der Waals surface area contributed by atoms with Crippen molar-refractivity contribution in [2.75, 3.05) is 26.1 Å². The summed E-state index contributed by atoms with van der Waals surface area (Å²) in [6.07, 6.45) is 4.04. The Hall–Kier alpha value is -2.91. The molecule has 0 fully saturated rings. The minimum absolute atomic E-state index is 0.135. The molecule has 9 heteroatoms. The van der Waals surface area contributed by atoms with Crippen molar-refractivity contribution in [3.63, 3.8) is 0 Å². The normalized spacial score (nSPS) is 12.3. The molecule has 1 unspecified atom stereocenters. The van der Waals surface area contributed by atoms with Crippen LogP contribution >= 0.6 is 0 Å². The number of esters is 2. The van der Waals surface area contributed by atoms with Crippen LogP contribution in [0.4, 0.5) is 5.69 Å². The highest BCUT2D eigenvalue weighted by molar-refractivity contribution is 6.76. The van der Waals surface area contributed by atoms with E-state index in [1.54, 1.807) is 19.1 Å². The molecule has 34 heavy (non-hydrogen) atoms. The number of nitrogens with two attached hydrogens (primary N) is 1. The summed E-state index contributed by atoms with van der Waals surface area (Å²) in [5.74, 6) is -0.758. The van der Waals surface area contributed by atoms with Gasteiger partial charge in [0.05, 0.1) is 25.8 Å². The second kappa shape index (κ2) is 12.5. The van der Waals surface area contributed by atoms with Gasteiger partial charge in [0.15, 0.2) is 0 Å². The minimum Gasteiger partial charge on any atom is -0.469 e. The number of nitrogen functional groups attached to an aromatic ring is 1. The van der Waals surface area contributed by atoms with Crippen LogP contribution in [-0.4, -0.2) is 49.9 Å². The first-order valence-electron chi connectivity index (χ1n) is 11.5. The number of allylic oxidation sites excluding steroid dienone is 1. The van der Waals surface area contributed by atoms with Crippen LogP contribution in [0.2, 0.25) is 25.7 Å². The van der Waals surface area contributed by atoms with Crippen LogP contribution in [0.1, 0.15) is 30.7 Å². The van der Waals surface area contributed by atoms with Gasteiger partial charge in [-0.2, -0.15) is 0 Å². The molecule has 0 aliphatic heterocycles. The monoisotopic (exact) mass is 487 g/mol. The number of hydrogen-bond donors (Lipinski definition) is 1. The number of anilines is 1. The van der Waals surface area contributed by atoms with Crippen LogP contribution in [0.15, 0.2) is 37.1 Å². The van der Waals surface area contributed by atoms with Crippen molar-refractivity contribution < 1.29 is 23.8 Å². The summed E-state index contributed by atoms with van der Waals surface area (Å²) in [5.41, 5.74) is 8.86. The quantitative estimate of drug-likeness (QED) is 0.147. The molecule has 0 spiro atoms. The Balaban J connectivity index is 2.40. The number of aromatic nitrogens is 2. The van der Waals surface area contributed by atoms with Crippen LogP contribution in [0.3, 0.4) is 0 Å². The van der Waals surface area contributed by atoms with Gasteiger partial charge in [0, 0.05) is 32.1 Å². The van der Waals surface area contributed by atoms with Gasteiger partial charge >= 0.3 is 11.9 Å². The Morgan fingerprint density at radius 3 is 2.62 bits per heavy atom. The molecule has 0 amide bonds. The molecule has 0 aliphatic rings. The van der Waals surface area contributed by atoms with E-state index in [2.05, 4.69) is 26.2 Å². The first-order valence-corrected chi connectivity index (χ1v) is 15.2. The first kappa shape index (κ1) is 27.3. The molecule has 1 heterocycles. The zero-order valence-corrected chi connectivity index (χ0v) is 21.9. The highest BCUT2D eigenvalue weighted by atomic mass is 28.3. The summed E-state index contributed by atoms with van der Waals surface area (Å²) in [5, 5.41) is 0. The Kier molecular flexibility index (Phi) is 10.1. The zero-order valence-electron chi connectivity index (χ0n) is 20.9. The van der Waals surface area contributed by atoms with Gasteiger partial charge in [-0.1, -0.05) is 37.8 Å². The topological polar surface area (TPSA) is 106 Å². The molecule has 2 N–H and O–H groups in total. The highest BCUT2D eigenvalue weighted by Gasteiger charge is 2.27.